The maximum absolute atomic E-state index is 12.5. The summed E-state index contributed by atoms with van der Waals surface area (Å²) in [6, 6.07) is 0.0964. The molecular formula is C17H32N4O2. The van der Waals surface area contributed by atoms with Crippen LogP contribution in [0.1, 0.15) is 40.5 Å². The summed E-state index contributed by atoms with van der Waals surface area (Å²) >= 11 is 0. The Kier molecular flexibility index (Phi) is 5.55. The summed E-state index contributed by atoms with van der Waals surface area (Å²) in [5.41, 5.74) is 0.128. The number of nitrogens with zero attached hydrogens (tertiary/aromatic N) is 3. The lowest BCUT2D eigenvalue weighted by Crippen LogP contribution is -2.47. The third-order valence-corrected chi connectivity index (χ3v) is 5.34. The number of likely N-dealkylation sites (N-methyl/N-ethyl adjacent to an activating group) is 1. The van der Waals surface area contributed by atoms with Gasteiger partial charge in [0.2, 0.25) is 5.91 Å². The van der Waals surface area contributed by atoms with Crippen LogP contribution in [0.25, 0.3) is 0 Å². The molecule has 0 aliphatic carbocycles. The molecule has 6 nitrogen and oxygen atoms in total. The van der Waals surface area contributed by atoms with Gasteiger partial charge in [0.05, 0.1) is 0 Å². The lowest BCUT2D eigenvalue weighted by molar-refractivity contribution is -0.133. The van der Waals surface area contributed by atoms with Crippen molar-refractivity contribution in [2.24, 2.45) is 5.92 Å². The number of nitrogens with one attached hydrogen (secondary N) is 1. The van der Waals surface area contributed by atoms with Gasteiger partial charge in [-0.2, -0.15) is 0 Å². The minimum Gasteiger partial charge on any atom is -0.340 e. The quantitative estimate of drug-likeness (QED) is 0.835. The summed E-state index contributed by atoms with van der Waals surface area (Å²) in [4.78, 5) is 30.7. The van der Waals surface area contributed by atoms with Gasteiger partial charge in [0.15, 0.2) is 0 Å². The molecule has 132 valence electrons. The summed E-state index contributed by atoms with van der Waals surface area (Å²) in [7, 11) is 2.12. The summed E-state index contributed by atoms with van der Waals surface area (Å²) in [6.07, 6.45) is 1.82. The third kappa shape index (κ3) is 4.37. The molecule has 1 unspecified atom stereocenters. The predicted octanol–water partition coefficient (Wildman–Crippen LogP) is 1.37. The van der Waals surface area contributed by atoms with Gasteiger partial charge in [-0.25, -0.2) is 4.79 Å². The van der Waals surface area contributed by atoms with Crippen molar-refractivity contribution in [1.29, 1.82) is 0 Å². The molecule has 0 bridgehead atoms. The standard InChI is InChI=1S/C17H32N4O2/c1-13(2)15(22)21-8-6-14(12-21)18-16(23)20-9-7-17(3,4)19(5)10-11-20/h13-14H,6-12H2,1-5H3,(H,18,23). The molecule has 0 spiro atoms. The average molecular weight is 324 g/mol. The Hall–Kier alpha value is -1.30. The largest absolute Gasteiger partial charge is 0.340 e. The first-order chi connectivity index (χ1) is 10.7. The number of urea groups is 1. The maximum Gasteiger partial charge on any atom is 0.317 e. The minimum atomic E-state index is 0.0138. The normalized spacial score (nSPS) is 25.6. The lowest BCUT2D eigenvalue weighted by Gasteiger charge is -2.32. The van der Waals surface area contributed by atoms with Gasteiger partial charge in [0.25, 0.3) is 0 Å². The van der Waals surface area contributed by atoms with Gasteiger partial charge in [-0.1, -0.05) is 13.8 Å². The Bertz CT molecular complexity index is 450. The highest BCUT2D eigenvalue weighted by Gasteiger charge is 2.32. The minimum absolute atomic E-state index is 0.0138. The fraction of sp³-hybridized carbons (Fsp3) is 0.882. The summed E-state index contributed by atoms with van der Waals surface area (Å²) in [5, 5.41) is 3.12. The Balaban J connectivity index is 1.85. The van der Waals surface area contributed by atoms with Crippen LogP contribution in [-0.2, 0) is 4.79 Å². The molecule has 6 heteroatoms. The second-order valence-corrected chi connectivity index (χ2v) is 7.85. The van der Waals surface area contributed by atoms with E-state index in [0.29, 0.717) is 6.54 Å². The Morgan fingerprint density at radius 3 is 2.43 bits per heavy atom. The SMILES string of the molecule is CC(C)C(=O)N1CCC(NC(=O)N2CCN(C)C(C)(C)CC2)C1. The van der Waals surface area contributed by atoms with Gasteiger partial charge in [0.1, 0.15) is 0 Å². The zero-order valence-electron chi connectivity index (χ0n) is 15.3. The Morgan fingerprint density at radius 2 is 1.78 bits per heavy atom. The van der Waals surface area contributed by atoms with E-state index in [0.717, 1.165) is 39.0 Å². The van der Waals surface area contributed by atoms with E-state index in [4.69, 9.17) is 0 Å². The fourth-order valence-corrected chi connectivity index (χ4v) is 3.20. The van der Waals surface area contributed by atoms with Gasteiger partial charge in [0, 0.05) is 50.2 Å². The first-order valence-electron chi connectivity index (χ1n) is 8.76. The maximum atomic E-state index is 12.5. The van der Waals surface area contributed by atoms with E-state index >= 15 is 0 Å². The third-order valence-electron chi connectivity index (χ3n) is 5.34. The molecule has 0 saturated carbocycles. The van der Waals surface area contributed by atoms with Crippen LogP contribution in [0.3, 0.4) is 0 Å². The van der Waals surface area contributed by atoms with Crippen LogP contribution in [0.5, 0.6) is 0 Å². The number of hydrogen-bond acceptors (Lipinski definition) is 3. The highest BCUT2D eigenvalue weighted by molar-refractivity contribution is 5.79. The van der Waals surface area contributed by atoms with Crippen molar-refractivity contribution in [2.45, 2.75) is 52.1 Å². The molecule has 2 heterocycles. The predicted molar refractivity (Wildman–Crippen MR) is 91.3 cm³/mol. The van der Waals surface area contributed by atoms with E-state index in [1.165, 1.54) is 0 Å². The summed E-state index contributed by atoms with van der Waals surface area (Å²) in [5.74, 6) is 0.202. The molecule has 0 aromatic heterocycles. The molecule has 2 saturated heterocycles. The molecule has 2 rings (SSSR count). The average Bonchev–Trinajstić information content (AvgIpc) is 2.88. The topological polar surface area (TPSA) is 55.9 Å². The molecule has 1 N–H and O–H groups in total. The van der Waals surface area contributed by atoms with E-state index in [2.05, 4.69) is 31.1 Å². The van der Waals surface area contributed by atoms with E-state index < -0.39 is 0 Å². The molecule has 2 aliphatic rings. The van der Waals surface area contributed by atoms with Crippen LogP contribution in [0, 0.1) is 5.92 Å². The number of amides is 3. The second kappa shape index (κ2) is 7.07. The fourth-order valence-electron chi connectivity index (χ4n) is 3.20. The lowest BCUT2D eigenvalue weighted by atomic mass is 9.99. The number of carbonyl (C=O) groups excluding carboxylic acids is 2. The van der Waals surface area contributed by atoms with Crippen LogP contribution in [0.2, 0.25) is 0 Å². The van der Waals surface area contributed by atoms with Crippen molar-refractivity contribution in [3.8, 4) is 0 Å². The summed E-state index contributed by atoms with van der Waals surface area (Å²) < 4.78 is 0. The highest BCUT2D eigenvalue weighted by Crippen LogP contribution is 2.21. The van der Waals surface area contributed by atoms with Crippen molar-refractivity contribution < 1.29 is 9.59 Å². The van der Waals surface area contributed by atoms with E-state index in [-0.39, 0.29) is 29.4 Å². The van der Waals surface area contributed by atoms with Crippen molar-refractivity contribution in [3.05, 3.63) is 0 Å². The second-order valence-electron chi connectivity index (χ2n) is 7.85. The van der Waals surface area contributed by atoms with Crippen LogP contribution >= 0.6 is 0 Å². The van der Waals surface area contributed by atoms with E-state index in [9.17, 15) is 9.59 Å². The van der Waals surface area contributed by atoms with Crippen molar-refractivity contribution in [3.63, 3.8) is 0 Å². The van der Waals surface area contributed by atoms with Crippen LogP contribution < -0.4 is 5.32 Å². The molecule has 1 atom stereocenters. The molecule has 2 fully saturated rings. The summed E-state index contributed by atoms with van der Waals surface area (Å²) in [6.45, 7) is 12.1. The Morgan fingerprint density at radius 1 is 1.09 bits per heavy atom. The van der Waals surface area contributed by atoms with Gasteiger partial charge in [-0.15, -0.1) is 0 Å². The van der Waals surface area contributed by atoms with Crippen LogP contribution in [0.4, 0.5) is 4.79 Å². The molecular weight excluding hydrogens is 292 g/mol. The number of likely N-dealkylation sites (tertiary alicyclic amines) is 1. The van der Waals surface area contributed by atoms with Crippen LogP contribution in [0.15, 0.2) is 0 Å². The first kappa shape index (κ1) is 18.0. The molecule has 0 radical (unpaired) electrons. The zero-order valence-corrected chi connectivity index (χ0v) is 15.3. The van der Waals surface area contributed by atoms with Gasteiger partial charge in [-0.05, 0) is 33.7 Å². The van der Waals surface area contributed by atoms with Crippen LogP contribution in [-0.4, -0.2) is 78.0 Å². The Labute approximate surface area is 140 Å². The number of rotatable bonds is 2. The van der Waals surface area contributed by atoms with Gasteiger partial charge in [-0.3, -0.25) is 9.69 Å². The molecule has 2 aliphatic heterocycles. The van der Waals surface area contributed by atoms with Crippen molar-refractivity contribution in [2.75, 3.05) is 39.8 Å². The van der Waals surface area contributed by atoms with E-state index in [1.807, 2.05) is 23.6 Å². The molecule has 0 aromatic carbocycles. The van der Waals surface area contributed by atoms with E-state index in [1.54, 1.807) is 0 Å². The zero-order chi connectivity index (χ0) is 17.2. The molecule has 3 amide bonds. The van der Waals surface area contributed by atoms with Gasteiger partial charge < -0.3 is 15.1 Å². The number of hydrogen-bond donors (Lipinski definition) is 1. The molecule has 0 aromatic rings. The highest BCUT2D eigenvalue weighted by atomic mass is 16.2. The monoisotopic (exact) mass is 324 g/mol. The smallest absolute Gasteiger partial charge is 0.317 e. The van der Waals surface area contributed by atoms with Crippen molar-refractivity contribution in [1.82, 2.24) is 20.0 Å². The molecule has 23 heavy (non-hydrogen) atoms. The first-order valence-corrected chi connectivity index (χ1v) is 8.76. The van der Waals surface area contributed by atoms with Gasteiger partial charge >= 0.3 is 6.03 Å². The van der Waals surface area contributed by atoms with Crippen molar-refractivity contribution >= 4 is 11.9 Å². The number of carbonyl (C=O) groups is 2.